The Labute approximate surface area is 174 Å². The molecule has 0 N–H and O–H groups in total. The highest BCUT2D eigenvalue weighted by Crippen LogP contribution is 2.33. The Kier molecular flexibility index (Phi) is 5.53. The fourth-order valence-corrected chi connectivity index (χ4v) is 4.00. The molecule has 6 nitrogen and oxygen atoms in total. The van der Waals surface area contributed by atoms with Crippen molar-refractivity contribution in [2.24, 2.45) is 0 Å². The van der Waals surface area contributed by atoms with Crippen LogP contribution in [0.25, 0.3) is 11.4 Å². The number of hydrogen-bond acceptors (Lipinski definition) is 5. The van der Waals surface area contributed by atoms with Gasteiger partial charge in [-0.3, -0.25) is 4.79 Å². The smallest absolute Gasteiger partial charge is 0.249 e. The summed E-state index contributed by atoms with van der Waals surface area (Å²) in [5.74, 6) is 1.65. The zero-order valence-corrected chi connectivity index (χ0v) is 17.1. The van der Waals surface area contributed by atoms with Crippen LogP contribution in [0.15, 0.2) is 47.0 Å². The fourth-order valence-electron chi connectivity index (χ4n) is 3.72. The first kappa shape index (κ1) is 19.5. The minimum absolute atomic E-state index is 0.0179. The highest BCUT2D eigenvalue weighted by molar-refractivity contribution is 6.32. The number of aromatic nitrogens is 2. The van der Waals surface area contributed by atoms with Gasteiger partial charge in [0.1, 0.15) is 11.8 Å². The molecule has 4 rings (SSSR count). The number of carbonyl (C=O) groups excluding carboxylic acids is 1. The summed E-state index contributed by atoms with van der Waals surface area (Å²) in [7, 11) is 1.57. The van der Waals surface area contributed by atoms with Crippen LogP contribution < -0.4 is 4.74 Å². The lowest BCUT2D eigenvalue weighted by Crippen LogP contribution is -2.32. The molecule has 1 fully saturated rings. The van der Waals surface area contributed by atoms with Crippen molar-refractivity contribution in [3.8, 4) is 17.1 Å². The van der Waals surface area contributed by atoms with Crippen LogP contribution in [0.2, 0.25) is 5.02 Å². The molecule has 3 aromatic rings. The van der Waals surface area contributed by atoms with Gasteiger partial charge < -0.3 is 14.2 Å². The molecule has 7 heteroatoms. The summed E-state index contributed by atoms with van der Waals surface area (Å²) in [5, 5.41) is 4.64. The molecule has 1 amide bonds. The third-order valence-electron chi connectivity index (χ3n) is 5.26. The molecule has 29 heavy (non-hydrogen) atoms. The Morgan fingerprint density at radius 2 is 2.14 bits per heavy atom. The molecule has 150 valence electrons. The lowest BCUT2D eigenvalue weighted by molar-refractivity contribution is -0.131. The first-order valence-electron chi connectivity index (χ1n) is 9.58. The van der Waals surface area contributed by atoms with Crippen LogP contribution in [-0.4, -0.2) is 34.6 Å². The highest BCUT2D eigenvalue weighted by atomic mass is 35.5. The summed E-state index contributed by atoms with van der Waals surface area (Å²) < 4.78 is 10.7. The Hall–Kier alpha value is -2.86. The number of nitrogens with zero attached hydrogens (tertiary/aromatic N) is 3. The molecule has 1 aliphatic heterocycles. The Balaban J connectivity index is 1.51. The molecule has 0 unspecified atom stereocenters. The van der Waals surface area contributed by atoms with Gasteiger partial charge in [-0.1, -0.05) is 47.1 Å². The Bertz CT molecular complexity index is 1030. The molecular formula is C22H22ClN3O3. The van der Waals surface area contributed by atoms with Crippen molar-refractivity contribution in [2.75, 3.05) is 13.7 Å². The standard InChI is InChI=1S/C22H22ClN3O3/c1-14-6-3-4-7-16(14)21-24-22(29-25-21)18-8-5-11-26(18)20(27)13-15-9-10-19(28-2)17(23)12-15/h3-4,6-7,9-10,12,18H,5,8,11,13H2,1-2H3/t18-/m1/s1. The van der Waals surface area contributed by atoms with Gasteiger partial charge in [-0.15, -0.1) is 0 Å². The lowest BCUT2D eigenvalue weighted by Gasteiger charge is -2.22. The predicted molar refractivity (Wildman–Crippen MR) is 110 cm³/mol. The van der Waals surface area contributed by atoms with E-state index in [4.69, 9.17) is 20.9 Å². The molecule has 1 aliphatic rings. The van der Waals surface area contributed by atoms with Gasteiger partial charge in [0.25, 0.3) is 0 Å². The van der Waals surface area contributed by atoms with E-state index in [1.54, 1.807) is 19.2 Å². The van der Waals surface area contributed by atoms with E-state index in [0.717, 1.165) is 29.5 Å². The summed E-state index contributed by atoms with van der Waals surface area (Å²) >= 11 is 6.19. The second kappa shape index (κ2) is 8.25. The van der Waals surface area contributed by atoms with Gasteiger partial charge in [0.15, 0.2) is 0 Å². The van der Waals surface area contributed by atoms with Crippen LogP contribution in [0, 0.1) is 6.92 Å². The molecule has 0 bridgehead atoms. The number of rotatable bonds is 5. The average molecular weight is 412 g/mol. The number of halogens is 1. The maximum absolute atomic E-state index is 13.0. The molecule has 1 saturated heterocycles. The number of hydrogen-bond donors (Lipinski definition) is 0. The van der Waals surface area contributed by atoms with Gasteiger partial charge in [0.2, 0.25) is 17.6 Å². The average Bonchev–Trinajstić information content (AvgIpc) is 3.38. The summed E-state index contributed by atoms with van der Waals surface area (Å²) in [6.07, 6.45) is 1.98. The molecule has 1 atom stereocenters. The molecular weight excluding hydrogens is 390 g/mol. The topological polar surface area (TPSA) is 68.5 Å². The van der Waals surface area contributed by atoms with Crippen molar-refractivity contribution in [3.05, 3.63) is 64.5 Å². The fraction of sp³-hybridized carbons (Fsp3) is 0.318. The van der Waals surface area contributed by atoms with Crippen LogP contribution in [0.1, 0.15) is 35.9 Å². The van der Waals surface area contributed by atoms with E-state index < -0.39 is 0 Å². The maximum Gasteiger partial charge on any atom is 0.249 e. The van der Waals surface area contributed by atoms with E-state index in [2.05, 4.69) is 10.1 Å². The minimum atomic E-state index is -0.193. The van der Waals surface area contributed by atoms with Crippen molar-refractivity contribution < 1.29 is 14.1 Å². The van der Waals surface area contributed by atoms with Crippen LogP contribution in [0.4, 0.5) is 0 Å². The first-order chi connectivity index (χ1) is 14.1. The van der Waals surface area contributed by atoms with Crippen molar-refractivity contribution in [1.29, 1.82) is 0 Å². The van der Waals surface area contributed by atoms with Crippen molar-refractivity contribution in [1.82, 2.24) is 15.0 Å². The summed E-state index contributed by atoms with van der Waals surface area (Å²) in [5.41, 5.74) is 2.86. The van der Waals surface area contributed by atoms with Crippen molar-refractivity contribution in [3.63, 3.8) is 0 Å². The summed E-state index contributed by atoms with van der Waals surface area (Å²) in [6, 6.07) is 13.1. The Morgan fingerprint density at radius 1 is 1.31 bits per heavy atom. The largest absolute Gasteiger partial charge is 0.495 e. The zero-order chi connectivity index (χ0) is 20.4. The van der Waals surface area contributed by atoms with Crippen molar-refractivity contribution in [2.45, 2.75) is 32.2 Å². The number of aryl methyl sites for hydroxylation is 1. The third kappa shape index (κ3) is 3.98. The minimum Gasteiger partial charge on any atom is -0.495 e. The number of methoxy groups -OCH3 is 1. The number of ether oxygens (including phenoxy) is 1. The molecule has 2 heterocycles. The second-order valence-electron chi connectivity index (χ2n) is 7.16. The van der Waals surface area contributed by atoms with E-state index >= 15 is 0 Å². The van der Waals surface area contributed by atoms with Gasteiger partial charge in [0, 0.05) is 12.1 Å². The molecule has 0 aliphatic carbocycles. The van der Waals surface area contributed by atoms with Gasteiger partial charge >= 0.3 is 0 Å². The normalized spacial score (nSPS) is 16.2. The van der Waals surface area contributed by atoms with Crippen LogP contribution in [0.3, 0.4) is 0 Å². The van der Waals surface area contributed by atoms with Crippen molar-refractivity contribution >= 4 is 17.5 Å². The van der Waals surface area contributed by atoms with Gasteiger partial charge in [-0.25, -0.2) is 0 Å². The Morgan fingerprint density at radius 3 is 2.90 bits per heavy atom. The third-order valence-corrected chi connectivity index (χ3v) is 5.55. The predicted octanol–water partition coefficient (Wildman–Crippen LogP) is 4.61. The number of benzene rings is 2. The molecule has 2 aromatic carbocycles. The summed E-state index contributed by atoms with van der Waals surface area (Å²) in [6.45, 7) is 2.69. The highest BCUT2D eigenvalue weighted by Gasteiger charge is 2.34. The zero-order valence-electron chi connectivity index (χ0n) is 16.4. The van der Waals surface area contributed by atoms with Gasteiger partial charge in [-0.05, 0) is 43.0 Å². The lowest BCUT2D eigenvalue weighted by atomic mass is 10.1. The van der Waals surface area contributed by atoms with Crippen LogP contribution >= 0.6 is 11.6 Å². The number of carbonyl (C=O) groups is 1. The van der Waals surface area contributed by atoms with Gasteiger partial charge in [0.05, 0.1) is 18.6 Å². The first-order valence-corrected chi connectivity index (χ1v) is 9.96. The second-order valence-corrected chi connectivity index (χ2v) is 7.57. The quantitative estimate of drug-likeness (QED) is 0.613. The van der Waals surface area contributed by atoms with E-state index in [1.807, 2.05) is 42.2 Å². The van der Waals surface area contributed by atoms with Crippen LogP contribution in [-0.2, 0) is 11.2 Å². The van der Waals surface area contributed by atoms with E-state index in [1.165, 1.54) is 0 Å². The maximum atomic E-state index is 13.0. The molecule has 0 saturated carbocycles. The number of likely N-dealkylation sites (tertiary alicyclic amines) is 1. The number of amides is 1. The van der Waals surface area contributed by atoms with E-state index in [-0.39, 0.29) is 18.4 Å². The SMILES string of the molecule is COc1ccc(CC(=O)N2CCC[C@@H]2c2nc(-c3ccccc3C)no2)cc1Cl. The molecule has 0 spiro atoms. The van der Waals surface area contributed by atoms with Gasteiger partial charge in [-0.2, -0.15) is 4.98 Å². The summed E-state index contributed by atoms with van der Waals surface area (Å²) in [4.78, 5) is 19.4. The van der Waals surface area contributed by atoms with Crippen LogP contribution in [0.5, 0.6) is 5.75 Å². The molecule has 1 aromatic heterocycles. The van der Waals surface area contributed by atoms with E-state index in [9.17, 15) is 4.79 Å². The van der Waals surface area contributed by atoms with E-state index in [0.29, 0.717) is 29.0 Å². The monoisotopic (exact) mass is 411 g/mol. The molecule has 0 radical (unpaired) electrons.